The second-order valence-corrected chi connectivity index (χ2v) is 4.57. The van der Waals surface area contributed by atoms with Crippen molar-refractivity contribution in [3.63, 3.8) is 0 Å². The van der Waals surface area contributed by atoms with Gasteiger partial charge in [-0.15, -0.1) is 5.10 Å². The van der Waals surface area contributed by atoms with Crippen LogP contribution in [0, 0.1) is 6.92 Å². The van der Waals surface area contributed by atoms with Crippen LogP contribution in [0.4, 0.5) is 5.82 Å². The number of ether oxygens (including phenoxy) is 1. The number of anilines is 1. The van der Waals surface area contributed by atoms with E-state index in [2.05, 4.69) is 25.4 Å². The number of hydrogen-bond acceptors (Lipinski definition) is 6. The first-order chi connectivity index (χ1) is 9.01. The normalized spacial score (nSPS) is 10.8. The Morgan fingerprint density at radius 2 is 2.05 bits per heavy atom. The second-order valence-electron chi connectivity index (χ2n) is 4.57. The minimum absolute atomic E-state index is 0.215. The van der Waals surface area contributed by atoms with Crippen LogP contribution in [0.15, 0.2) is 6.33 Å². The predicted octanol–water partition coefficient (Wildman–Crippen LogP) is 1.87. The van der Waals surface area contributed by atoms with Gasteiger partial charge in [0.05, 0.1) is 5.56 Å². The van der Waals surface area contributed by atoms with Crippen molar-refractivity contribution in [2.75, 3.05) is 12.4 Å². The molecule has 0 amide bonds. The van der Waals surface area contributed by atoms with E-state index >= 15 is 0 Å². The standard InChI is InChI=1S/C12H18N6O/c1-7(2)9-15-10(13-4)8(3)11(16-9)19-12-14-6-18(5)17-12/h6-7H,1-5H3,(H,13,15,16). The third-order valence-corrected chi connectivity index (χ3v) is 2.64. The van der Waals surface area contributed by atoms with E-state index < -0.39 is 0 Å². The van der Waals surface area contributed by atoms with Crippen LogP contribution >= 0.6 is 0 Å². The maximum absolute atomic E-state index is 5.63. The van der Waals surface area contributed by atoms with E-state index in [4.69, 9.17) is 4.74 Å². The highest BCUT2D eigenvalue weighted by molar-refractivity contribution is 5.48. The molecule has 2 aromatic heterocycles. The minimum atomic E-state index is 0.215. The maximum Gasteiger partial charge on any atom is 0.342 e. The van der Waals surface area contributed by atoms with Crippen LogP contribution in [-0.2, 0) is 7.05 Å². The summed E-state index contributed by atoms with van der Waals surface area (Å²) in [7, 11) is 3.60. The third kappa shape index (κ3) is 2.81. The number of nitrogens with zero attached hydrogens (tertiary/aromatic N) is 5. The van der Waals surface area contributed by atoms with Gasteiger partial charge in [0.25, 0.3) is 0 Å². The van der Waals surface area contributed by atoms with Gasteiger partial charge < -0.3 is 10.1 Å². The van der Waals surface area contributed by atoms with E-state index in [1.807, 2.05) is 27.8 Å². The minimum Gasteiger partial charge on any atom is -0.404 e. The third-order valence-electron chi connectivity index (χ3n) is 2.64. The Morgan fingerprint density at radius 1 is 1.32 bits per heavy atom. The fraction of sp³-hybridized carbons (Fsp3) is 0.500. The van der Waals surface area contributed by atoms with Crippen molar-refractivity contribution in [3.05, 3.63) is 17.7 Å². The zero-order chi connectivity index (χ0) is 14.0. The van der Waals surface area contributed by atoms with Gasteiger partial charge in [-0.05, 0) is 6.92 Å². The van der Waals surface area contributed by atoms with Gasteiger partial charge in [-0.1, -0.05) is 13.8 Å². The SMILES string of the molecule is CNc1nc(C(C)C)nc(Oc2ncn(C)n2)c1C. The first-order valence-corrected chi connectivity index (χ1v) is 6.11. The van der Waals surface area contributed by atoms with Gasteiger partial charge >= 0.3 is 6.01 Å². The Morgan fingerprint density at radius 3 is 2.58 bits per heavy atom. The summed E-state index contributed by atoms with van der Waals surface area (Å²) in [6.45, 7) is 5.97. The Labute approximate surface area is 112 Å². The molecule has 7 heteroatoms. The zero-order valence-corrected chi connectivity index (χ0v) is 11.8. The van der Waals surface area contributed by atoms with Crippen LogP contribution < -0.4 is 10.1 Å². The molecule has 0 saturated carbocycles. The fourth-order valence-electron chi connectivity index (χ4n) is 1.57. The summed E-state index contributed by atoms with van der Waals surface area (Å²) in [5.41, 5.74) is 0.833. The summed E-state index contributed by atoms with van der Waals surface area (Å²) in [4.78, 5) is 12.9. The van der Waals surface area contributed by atoms with Crippen molar-refractivity contribution in [1.29, 1.82) is 0 Å². The van der Waals surface area contributed by atoms with E-state index in [1.165, 1.54) is 0 Å². The molecule has 0 saturated heterocycles. The maximum atomic E-state index is 5.63. The molecule has 0 aliphatic rings. The van der Waals surface area contributed by atoms with Crippen molar-refractivity contribution < 1.29 is 4.74 Å². The van der Waals surface area contributed by atoms with E-state index in [9.17, 15) is 0 Å². The van der Waals surface area contributed by atoms with Gasteiger partial charge in [-0.3, -0.25) is 4.68 Å². The summed E-state index contributed by atoms with van der Waals surface area (Å²) < 4.78 is 7.21. The molecule has 0 spiro atoms. The summed E-state index contributed by atoms with van der Waals surface area (Å²) in [6.07, 6.45) is 1.58. The fourth-order valence-corrected chi connectivity index (χ4v) is 1.57. The van der Waals surface area contributed by atoms with Crippen molar-refractivity contribution in [3.8, 4) is 11.9 Å². The van der Waals surface area contributed by atoms with Gasteiger partial charge in [0.2, 0.25) is 5.88 Å². The lowest BCUT2D eigenvalue weighted by atomic mass is 10.2. The summed E-state index contributed by atoms with van der Waals surface area (Å²) in [5, 5.41) is 7.12. The molecule has 0 aliphatic carbocycles. The molecular weight excluding hydrogens is 244 g/mol. The van der Waals surface area contributed by atoms with Gasteiger partial charge in [0, 0.05) is 20.0 Å². The molecular formula is C12H18N6O. The average Bonchev–Trinajstić information content (AvgIpc) is 2.77. The molecule has 7 nitrogen and oxygen atoms in total. The van der Waals surface area contributed by atoms with E-state index in [1.54, 1.807) is 18.1 Å². The van der Waals surface area contributed by atoms with Crippen LogP contribution in [0.2, 0.25) is 0 Å². The first-order valence-electron chi connectivity index (χ1n) is 6.11. The van der Waals surface area contributed by atoms with Gasteiger partial charge in [-0.2, -0.15) is 9.97 Å². The van der Waals surface area contributed by atoms with Crippen molar-refractivity contribution in [2.45, 2.75) is 26.7 Å². The van der Waals surface area contributed by atoms with E-state index in [0.717, 1.165) is 17.2 Å². The molecule has 0 aliphatic heterocycles. The highest BCUT2D eigenvalue weighted by atomic mass is 16.5. The zero-order valence-electron chi connectivity index (χ0n) is 11.8. The lowest BCUT2D eigenvalue weighted by Crippen LogP contribution is -2.07. The van der Waals surface area contributed by atoms with E-state index in [-0.39, 0.29) is 11.9 Å². The number of nitrogens with one attached hydrogen (secondary N) is 1. The highest BCUT2D eigenvalue weighted by Crippen LogP contribution is 2.27. The first kappa shape index (κ1) is 13.3. The molecule has 2 heterocycles. The molecule has 0 fully saturated rings. The molecule has 1 N–H and O–H groups in total. The van der Waals surface area contributed by atoms with Crippen molar-refractivity contribution in [1.82, 2.24) is 24.7 Å². The van der Waals surface area contributed by atoms with Crippen LogP contribution in [-0.4, -0.2) is 31.8 Å². The summed E-state index contributed by atoms with van der Waals surface area (Å²) >= 11 is 0. The molecule has 2 rings (SSSR count). The summed E-state index contributed by atoms with van der Waals surface area (Å²) in [6, 6.07) is 0.279. The molecule has 0 bridgehead atoms. The lowest BCUT2D eigenvalue weighted by molar-refractivity contribution is 0.415. The van der Waals surface area contributed by atoms with Crippen LogP contribution in [0.1, 0.15) is 31.2 Å². The van der Waals surface area contributed by atoms with Crippen LogP contribution in [0.25, 0.3) is 0 Å². The molecule has 19 heavy (non-hydrogen) atoms. The molecule has 0 atom stereocenters. The molecule has 102 valence electrons. The molecule has 2 aromatic rings. The topological polar surface area (TPSA) is 77.8 Å². The predicted molar refractivity (Wildman–Crippen MR) is 71.5 cm³/mol. The largest absolute Gasteiger partial charge is 0.404 e. The molecule has 0 radical (unpaired) electrons. The highest BCUT2D eigenvalue weighted by Gasteiger charge is 2.15. The van der Waals surface area contributed by atoms with Gasteiger partial charge in [0.15, 0.2) is 0 Å². The number of rotatable bonds is 4. The smallest absolute Gasteiger partial charge is 0.342 e. The Kier molecular flexibility index (Phi) is 3.64. The molecule has 0 aromatic carbocycles. The van der Waals surface area contributed by atoms with E-state index in [0.29, 0.717) is 5.88 Å². The van der Waals surface area contributed by atoms with Gasteiger partial charge in [-0.25, -0.2) is 4.98 Å². The Bertz CT molecular complexity index is 578. The monoisotopic (exact) mass is 262 g/mol. The second kappa shape index (κ2) is 5.21. The van der Waals surface area contributed by atoms with Crippen LogP contribution in [0.3, 0.4) is 0 Å². The lowest BCUT2D eigenvalue weighted by Gasteiger charge is -2.12. The Hall–Kier alpha value is -2.18. The average molecular weight is 262 g/mol. The van der Waals surface area contributed by atoms with Crippen LogP contribution in [0.5, 0.6) is 11.9 Å². The number of aryl methyl sites for hydroxylation is 1. The van der Waals surface area contributed by atoms with Crippen molar-refractivity contribution >= 4 is 5.82 Å². The van der Waals surface area contributed by atoms with Gasteiger partial charge in [0.1, 0.15) is 18.0 Å². The number of hydrogen-bond donors (Lipinski definition) is 1. The van der Waals surface area contributed by atoms with Crippen molar-refractivity contribution in [2.24, 2.45) is 7.05 Å². The summed E-state index contributed by atoms with van der Waals surface area (Å²) in [5.74, 6) is 2.17. The quantitative estimate of drug-likeness (QED) is 0.906. The number of aromatic nitrogens is 5. The Balaban J connectivity index is 2.40. The molecule has 0 unspecified atom stereocenters.